The van der Waals surface area contributed by atoms with Gasteiger partial charge in [0, 0.05) is 16.7 Å². The van der Waals surface area contributed by atoms with E-state index in [0.717, 1.165) is 6.07 Å². The predicted molar refractivity (Wildman–Crippen MR) is 51.4 cm³/mol. The Bertz CT molecular complexity index is 349. The van der Waals surface area contributed by atoms with E-state index in [2.05, 4.69) is 15.9 Å². The van der Waals surface area contributed by atoms with E-state index in [1.54, 1.807) is 0 Å². The molecule has 1 aromatic rings. The highest BCUT2D eigenvalue weighted by Crippen LogP contribution is 2.35. The SMILES string of the molecule is NCc1cc(N)c(Br)cc1C(F)(F)F. The Labute approximate surface area is 87.2 Å². The van der Waals surface area contributed by atoms with Crippen molar-refractivity contribution in [2.24, 2.45) is 5.73 Å². The molecule has 0 heterocycles. The molecule has 78 valence electrons. The Balaban J connectivity index is 3.35. The Morgan fingerprint density at radius 3 is 2.29 bits per heavy atom. The third kappa shape index (κ3) is 2.19. The molecule has 14 heavy (non-hydrogen) atoms. The van der Waals surface area contributed by atoms with E-state index in [0.29, 0.717) is 0 Å². The molecule has 0 saturated heterocycles. The van der Waals surface area contributed by atoms with E-state index >= 15 is 0 Å². The van der Waals surface area contributed by atoms with E-state index in [1.165, 1.54) is 6.07 Å². The van der Waals surface area contributed by atoms with Crippen molar-refractivity contribution < 1.29 is 13.2 Å². The van der Waals surface area contributed by atoms with Crippen molar-refractivity contribution in [3.63, 3.8) is 0 Å². The third-order valence-electron chi connectivity index (χ3n) is 1.75. The molecular formula is C8H8BrF3N2. The lowest BCUT2D eigenvalue weighted by Gasteiger charge is -2.13. The van der Waals surface area contributed by atoms with Gasteiger partial charge in [-0.1, -0.05) is 0 Å². The van der Waals surface area contributed by atoms with Crippen LogP contribution >= 0.6 is 15.9 Å². The van der Waals surface area contributed by atoms with Crippen LogP contribution in [0.4, 0.5) is 18.9 Å². The van der Waals surface area contributed by atoms with Gasteiger partial charge in [-0.3, -0.25) is 0 Å². The quantitative estimate of drug-likeness (QED) is 0.769. The van der Waals surface area contributed by atoms with Gasteiger partial charge in [0.25, 0.3) is 0 Å². The topological polar surface area (TPSA) is 52.0 Å². The van der Waals surface area contributed by atoms with Gasteiger partial charge in [0.05, 0.1) is 5.56 Å². The lowest BCUT2D eigenvalue weighted by atomic mass is 10.1. The van der Waals surface area contributed by atoms with Gasteiger partial charge in [-0.15, -0.1) is 0 Å². The second-order valence-corrected chi connectivity index (χ2v) is 3.59. The van der Waals surface area contributed by atoms with Crippen molar-refractivity contribution in [2.75, 3.05) is 5.73 Å². The number of halogens is 4. The highest BCUT2D eigenvalue weighted by molar-refractivity contribution is 9.10. The maximum Gasteiger partial charge on any atom is 0.416 e. The van der Waals surface area contributed by atoms with Crippen LogP contribution in [0.5, 0.6) is 0 Å². The maximum absolute atomic E-state index is 12.4. The molecule has 2 nitrogen and oxygen atoms in total. The van der Waals surface area contributed by atoms with Crippen LogP contribution < -0.4 is 11.5 Å². The number of benzene rings is 1. The van der Waals surface area contributed by atoms with Crippen molar-refractivity contribution in [2.45, 2.75) is 12.7 Å². The molecule has 0 aliphatic rings. The van der Waals surface area contributed by atoms with Crippen LogP contribution in [0.15, 0.2) is 16.6 Å². The number of rotatable bonds is 1. The number of hydrogen-bond donors (Lipinski definition) is 2. The number of nitrogens with two attached hydrogens (primary N) is 2. The summed E-state index contributed by atoms with van der Waals surface area (Å²) in [6.07, 6.45) is -4.40. The van der Waals surface area contributed by atoms with Gasteiger partial charge in [-0.05, 0) is 33.6 Å². The van der Waals surface area contributed by atoms with E-state index in [9.17, 15) is 13.2 Å². The number of alkyl halides is 3. The highest BCUT2D eigenvalue weighted by Gasteiger charge is 2.33. The summed E-state index contributed by atoms with van der Waals surface area (Å²) in [4.78, 5) is 0. The molecule has 1 rings (SSSR count). The summed E-state index contributed by atoms with van der Waals surface area (Å²) in [6, 6.07) is 2.17. The fourth-order valence-corrected chi connectivity index (χ4v) is 1.41. The standard InChI is InChI=1S/C8H8BrF3N2/c9-6-2-5(8(10,11)12)4(3-13)1-7(6)14/h1-2H,3,13-14H2. The lowest BCUT2D eigenvalue weighted by molar-refractivity contribution is -0.138. The maximum atomic E-state index is 12.4. The van der Waals surface area contributed by atoms with Crippen LogP contribution in [0.2, 0.25) is 0 Å². The fraction of sp³-hybridized carbons (Fsp3) is 0.250. The van der Waals surface area contributed by atoms with Gasteiger partial charge in [-0.25, -0.2) is 0 Å². The second-order valence-electron chi connectivity index (χ2n) is 2.73. The molecule has 0 aliphatic heterocycles. The van der Waals surface area contributed by atoms with Crippen molar-refractivity contribution >= 4 is 21.6 Å². The molecule has 0 radical (unpaired) electrons. The first-order valence-electron chi connectivity index (χ1n) is 3.71. The summed E-state index contributed by atoms with van der Waals surface area (Å²) in [7, 11) is 0. The van der Waals surface area contributed by atoms with Crippen LogP contribution in [-0.2, 0) is 12.7 Å². The van der Waals surface area contributed by atoms with Crippen LogP contribution in [0, 0.1) is 0 Å². The van der Waals surface area contributed by atoms with Crippen LogP contribution in [0.25, 0.3) is 0 Å². The van der Waals surface area contributed by atoms with E-state index in [1.807, 2.05) is 0 Å². The van der Waals surface area contributed by atoms with Gasteiger partial charge >= 0.3 is 6.18 Å². The first-order valence-corrected chi connectivity index (χ1v) is 4.50. The molecular weight excluding hydrogens is 261 g/mol. The third-order valence-corrected chi connectivity index (χ3v) is 2.43. The van der Waals surface area contributed by atoms with Gasteiger partial charge in [0.1, 0.15) is 0 Å². The minimum absolute atomic E-state index is 0.00167. The van der Waals surface area contributed by atoms with Crippen molar-refractivity contribution in [1.82, 2.24) is 0 Å². The molecule has 0 aromatic heterocycles. The summed E-state index contributed by atoms with van der Waals surface area (Å²) in [5.41, 5.74) is 10.1. The van der Waals surface area contributed by atoms with Crippen molar-refractivity contribution in [1.29, 1.82) is 0 Å². The lowest BCUT2D eigenvalue weighted by Crippen LogP contribution is -2.12. The smallest absolute Gasteiger partial charge is 0.398 e. The van der Waals surface area contributed by atoms with E-state index < -0.39 is 11.7 Å². The normalized spacial score (nSPS) is 11.8. The van der Waals surface area contributed by atoms with Crippen molar-refractivity contribution in [3.8, 4) is 0 Å². The molecule has 0 bridgehead atoms. The average molecular weight is 269 g/mol. The Morgan fingerprint density at radius 2 is 1.86 bits per heavy atom. The molecule has 0 atom stereocenters. The zero-order valence-corrected chi connectivity index (χ0v) is 8.61. The fourth-order valence-electron chi connectivity index (χ4n) is 1.07. The number of hydrogen-bond acceptors (Lipinski definition) is 2. The van der Waals surface area contributed by atoms with Gasteiger partial charge in [0.15, 0.2) is 0 Å². The second kappa shape index (κ2) is 3.78. The van der Waals surface area contributed by atoms with Crippen molar-refractivity contribution in [3.05, 3.63) is 27.7 Å². The first kappa shape index (κ1) is 11.3. The molecule has 1 aromatic carbocycles. The predicted octanol–water partition coefficient (Wildman–Crippen LogP) is 2.51. The summed E-state index contributed by atoms with van der Waals surface area (Å²) >= 11 is 2.94. The van der Waals surface area contributed by atoms with Crippen LogP contribution in [-0.4, -0.2) is 0 Å². The van der Waals surface area contributed by atoms with E-state index in [4.69, 9.17) is 11.5 Å². The molecule has 0 saturated carbocycles. The number of nitrogen functional groups attached to an aromatic ring is 1. The van der Waals surface area contributed by atoms with Gasteiger partial charge < -0.3 is 11.5 Å². The molecule has 0 unspecified atom stereocenters. The monoisotopic (exact) mass is 268 g/mol. The molecule has 0 aliphatic carbocycles. The summed E-state index contributed by atoms with van der Waals surface area (Å²) in [5.74, 6) is 0. The Morgan fingerprint density at radius 1 is 1.29 bits per heavy atom. The zero-order chi connectivity index (χ0) is 10.9. The summed E-state index contributed by atoms with van der Waals surface area (Å²) in [5, 5.41) is 0. The first-order chi connectivity index (χ1) is 6.36. The van der Waals surface area contributed by atoms with Gasteiger partial charge in [0.2, 0.25) is 0 Å². The largest absolute Gasteiger partial charge is 0.416 e. The zero-order valence-electron chi connectivity index (χ0n) is 7.03. The molecule has 0 amide bonds. The highest BCUT2D eigenvalue weighted by atomic mass is 79.9. The summed E-state index contributed by atoms with van der Waals surface area (Å²) < 4.78 is 37.5. The molecule has 0 spiro atoms. The molecule has 0 fully saturated rings. The van der Waals surface area contributed by atoms with Crippen LogP contribution in [0.1, 0.15) is 11.1 Å². The minimum atomic E-state index is -4.40. The molecule has 6 heteroatoms. The van der Waals surface area contributed by atoms with Gasteiger partial charge in [-0.2, -0.15) is 13.2 Å². The summed E-state index contributed by atoms with van der Waals surface area (Å²) in [6.45, 7) is -0.188. The van der Waals surface area contributed by atoms with Crippen LogP contribution in [0.3, 0.4) is 0 Å². The number of anilines is 1. The molecule has 4 N–H and O–H groups in total. The van der Waals surface area contributed by atoms with E-state index in [-0.39, 0.29) is 22.3 Å². The minimum Gasteiger partial charge on any atom is -0.398 e. The Kier molecular flexibility index (Phi) is 3.06. The average Bonchev–Trinajstić information content (AvgIpc) is 2.07. The Hall–Kier alpha value is -0.750.